The van der Waals surface area contributed by atoms with Crippen molar-refractivity contribution < 1.29 is 18.0 Å². The van der Waals surface area contributed by atoms with E-state index in [0.717, 1.165) is 52.7 Å². The van der Waals surface area contributed by atoms with Gasteiger partial charge in [0.2, 0.25) is 5.91 Å². The Balaban J connectivity index is 1.45. The van der Waals surface area contributed by atoms with E-state index in [-0.39, 0.29) is 11.8 Å². The summed E-state index contributed by atoms with van der Waals surface area (Å²) in [5.41, 5.74) is 2.83. The lowest BCUT2D eigenvalue weighted by Crippen LogP contribution is -2.12. The van der Waals surface area contributed by atoms with Crippen LogP contribution in [0.2, 0.25) is 0 Å². The molecule has 0 unspecified atom stereocenters. The van der Waals surface area contributed by atoms with Gasteiger partial charge >= 0.3 is 6.18 Å². The van der Waals surface area contributed by atoms with Gasteiger partial charge < -0.3 is 10.3 Å². The van der Waals surface area contributed by atoms with Crippen LogP contribution in [0.1, 0.15) is 29.5 Å². The SMILES string of the molecule is O=C(Nc1c[nH]c2ccc(/C=C/Cc3ccc(C(F)(F)F)cc3)cc12)C1CC1. The highest BCUT2D eigenvalue weighted by atomic mass is 19.4. The van der Waals surface area contributed by atoms with Crippen LogP contribution >= 0.6 is 0 Å². The standard InChI is InChI=1S/C22H19F3N2O/c23-22(24,25)17-9-4-14(5-10-17)2-1-3-15-6-11-19-18(12-15)20(13-26-19)27-21(28)16-7-8-16/h1,3-6,9-13,16,26H,2,7-8H2,(H,27,28)/b3-1+. The number of halogens is 3. The molecular weight excluding hydrogens is 365 g/mol. The first-order valence-electron chi connectivity index (χ1n) is 9.15. The van der Waals surface area contributed by atoms with E-state index < -0.39 is 11.7 Å². The highest BCUT2D eigenvalue weighted by Gasteiger charge is 2.30. The van der Waals surface area contributed by atoms with Crippen LogP contribution in [-0.4, -0.2) is 10.9 Å². The lowest BCUT2D eigenvalue weighted by Gasteiger charge is -2.06. The van der Waals surface area contributed by atoms with Crippen molar-refractivity contribution in [2.75, 3.05) is 5.32 Å². The van der Waals surface area contributed by atoms with Gasteiger partial charge in [0, 0.05) is 23.0 Å². The number of anilines is 1. The highest BCUT2D eigenvalue weighted by molar-refractivity contribution is 6.03. The minimum atomic E-state index is -4.31. The van der Waals surface area contributed by atoms with Crippen LogP contribution in [0.5, 0.6) is 0 Å². The number of H-pyrrole nitrogens is 1. The molecule has 2 aromatic carbocycles. The number of aromatic nitrogens is 1. The molecule has 0 bridgehead atoms. The molecule has 1 heterocycles. The molecule has 3 nitrogen and oxygen atoms in total. The van der Waals surface area contributed by atoms with E-state index >= 15 is 0 Å². The fourth-order valence-electron chi connectivity index (χ4n) is 3.09. The number of hydrogen-bond donors (Lipinski definition) is 2. The Morgan fingerprint density at radius 3 is 2.57 bits per heavy atom. The maximum Gasteiger partial charge on any atom is 0.416 e. The van der Waals surface area contributed by atoms with Crippen LogP contribution in [-0.2, 0) is 17.4 Å². The molecule has 1 aliphatic rings. The number of benzene rings is 2. The highest BCUT2D eigenvalue weighted by Crippen LogP contribution is 2.32. The number of aromatic amines is 1. The summed E-state index contributed by atoms with van der Waals surface area (Å²) in [4.78, 5) is 15.2. The van der Waals surface area contributed by atoms with Gasteiger partial charge in [-0.15, -0.1) is 0 Å². The summed E-state index contributed by atoms with van der Waals surface area (Å²) in [6.45, 7) is 0. The number of amides is 1. The Bertz CT molecular complexity index is 1030. The third-order valence-electron chi connectivity index (χ3n) is 4.86. The summed E-state index contributed by atoms with van der Waals surface area (Å²) in [7, 11) is 0. The van der Waals surface area contributed by atoms with Crippen molar-refractivity contribution in [3.63, 3.8) is 0 Å². The Hall–Kier alpha value is -3.02. The molecule has 4 rings (SSSR count). The number of carbonyl (C=O) groups excluding carboxylic acids is 1. The van der Waals surface area contributed by atoms with Crippen molar-refractivity contribution in [3.05, 3.63) is 71.4 Å². The first kappa shape index (κ1) is 18.3. The van der Waals surface area contributed by atoms with Gasteiger partial charge in [0.15, 0.2) is 0 Å². The minimum Gasteiger partial charge on any atom is -0.359 e. The summed E-state index contributed by atoms with van der Waals surface area (Å²) in [6, 6.07) is 11.1. The third-order valence-corrected chi connectivity index (χ3v) is 4.86. The van der Waals surface area contributed by atoms with Crippen molar-refractivity contribution in [1.82, 2.24) is 4.98 Å². The molecule has 1 aromatic heterocycles. The van der Waals surface area contributed by atoms with Crippen LogP contribution in [0, 0.1) is 5.92 Å². The van der Waals surface area contributed by atoms with Crippen molar-refractivity contribution in [1.29, 1.82) is 0 Å². The van der Waals surface area contributed by atoms with E-state index in [0.29, 0.717) is 6.42 Å². The molecule has 28 heavy (non-hydrogen) atoms. The average molecular weight is 384 g/mol. The zero-order valence-corrected chi connectivity index (χ0v) is 15.0. The Kier molecular flexibility index (Phi) is 4.71. The van der Waals surface area contributed by atoms with Gasteiger partial charge in [0.25, 0.3) is 0 Å². The monoisotopic (exact) mass is 384 g/mol. The molecule has 0 spiro atoms. The van der Waals surface area contributed by atoms with Gasteiger partial charge in [-0.1, -0.05) is 30.4 Å². The van der Waals surface area contributed by atoms with E-state index in [1.165, 1.54) is 12.1 Å². The van der Waals surface area contributed by atoms with Crippen LogP contribution in [0.4, 0.5) is 18.9 Å². The second-order valence-electron chi connectivity index (χ2n) is 7.07. The number of hydrogen-bond acceptors (Lipinski definition) is 1. The summed E-state index contributed by atoms with van der Waals surface area (Å²) in [5, 5.41) is 3.90. The molecule has 0 atom stereocenters. The smallest absolute Gasteiger partial charge is 0.359 e. The molecule has 1 fully saturated rings. The predicted octanol–water partition coefficient (Wildman–Crippen LogP) is 5.79. The lowest BCUT2D eigenvalue weighted by molar-refractivity contribution is -0.137. The molecular formula is C22H19F3N2O. The van der Waals surface area contributed by atoms with Crippen molar-refractivity contribution in [2.45, 2.75) is 25.4 Å². The summed E-state index contributed by atoms with van der Waals surface area (Å²) < 4.78 is 37.8. The first-order valence-corrected chi connectivity index (χ1v) is 9.15. The second-order valence-corrected chi connectivity index (χ2v) is 7.07. The topological polar surface area (TPSA) is 44.9 Å². The first-order chi connectivity index (χ1) is 13.4. The fraction of sp³-hybridized carbons (Fsp3) is 0.227. The number of nitrogens with one attached hydrogen (secondary N) is 2. The maximum atomic E-state index is 12.6. The van der Waals surface area contributed by atoms with Crippen LogP contribution in [0.15, 0.2) is 54.7 Å². The maximum absolute atomic E-state index is 12.6. The lowest BCUT2D eigenvalue weighted by atomic mass is 10.1. The largest absolute Gasteiger partial charge is 0.416 e. The second kappa shape index (κ2) is 7.19. The van der Waals surface area contributed by atoms with Crippen LogP contribution < -0.4 is 5.32 Å². The van der Waals surface area contributed by atoms with E-state index in [9.17, 15) is 18.0 Å². The van der Waals surface area contributed by atoms with Crippen molar-refractivity contribution >= 4 is 28.6 Å². The normalized spacial score (nSPS) is 14.7. The van der Waals surface area contributed by atoms with Gasteiger partial charge in [-0.05, 0) is 54.7 Å². The van der Waals surface area contributed by atoms with Gasteiger partial charge in [-0.25, -0.2) is 0 Å². The van der Waals surface area contributed by atoms with Crippen molar-refractivity contribution in [2.24, 2.45) is 5.92 Å². The minimum absolute atomic E-state index is 0.0594. The van der Waals surface area contributed by atoms with Gasteiger partial charge in [-0.3, -0.25) is 4.79 Å². The molecule has 1 saturated carbocycles. The number of fused-ring (bicyclic) bond motifs is 1. The number of rotatable bonds is 5. The Labute approximate surface area is 160 Å². The van der Waals surface area contributed by atoms with Gasteiger partial charge in [0.05, 0.1) is 11.3 Å². The Morgan fingerprint density at radius 2 is 1.89 bits per heavy atom. The van der Waals surface area contributed by atoms with E-state index in [1.54, 1.807) is 6.20 Å². The number of alkyl halides is 3. The molecule has 3 aromatic rings. The molecule has 144 valence electrons. The van der Waals surface area contributed by atoms with Crippen molar-refractivity contribution in [3.8, 4) is 0 Å². The summed E-state index contributed by atoms with van der Waals surface area (Å²) >= 11 is 0. The molecule has 6 heteroatoms. The molecule has 2 N–H and O–H groups in total. The number of carbonyl (C=O) groups is 1. The third kappa shape index (κ3) is 4.11. The molecule has 0 radical (unpaired) electrons. The van der Waals surface area contributed by atoms with E-state index in [1.807, 2.05) is 30.4 Å². The van der Waals surface area contributed by atoms with E-state index in [2.05, 4.69) is 10.3 Å². The summed E-state index contributed by atoms with van der Waals surface area (Å²) in [5.74, 6) is 0.195. The average Bonchev–Trinajstić information content (AvgIpc) is 3.45. The molecule has 1 amide bonds. The van der Waals surface area contributed by atoms with E-state index in [4.69, 9.17) is 0 Å². The molecule has 1 aliphatic carbocycles. The number of allylic oxidation sites excluding steroid dienone is 1. The van der Waals surface area contributed by atoms with Gasteiger partial charge in [0.1, 0.15) is 0 Å². The van der Waals surface area contributed by atoms with Gasteiger partial charge in [-0.2, -0.15) is 13.2 Å². The van der Waals surface area contributed by atoms with Crippen LogP contribution in [0.25, 0.3) is 17.0 Å². The fourth-order valence-corrected chi connectivity index (χ4v) is 3.09. The molecule has 0 saturated heterocycles. The zero-order chi connectivity index (χ0) is 19.7. The predicted molar refractivity (Wildman–Crippen MR) is 104 cm³/mol. The quantitative estimate of drug-likeness (QED) is 0.574. The Morgan fingerprint density at radius 1 is 1.14 bits per heavy atom. The zero-order valence-electron chi connectivity index (χ0n) is 15.0. The molecule has 0 aliphatic heterocycles. The van der Waals surface area contributed by atoms with Crippen LogP contribution in [0.3, 0.4) is 0 Å². The summed E-state index contributed by atoms with van der Waals surface area (Å²) in [6.07, 6.45) is 3.76.